The highest BCUT2D eigenvalue weighted by Crippen LogP contribution is 2.16. The van der Waals surface area contributed by atoms with E-state index in [0.717, 1.165) is 10.8 Å². The third-order valence-corrected chi connectivity index (χ3v) is 4.02. The van der Waals surface area contributed by atoms with Gasteiger partial charge in [0.2, 0.25) is 0 Å². The van der Waals surface area contributed by atoms with Gasteiger partial charge in [-0.3, -0.25) is 4.79 Å². The molecule has 0 radical (unpaired) electrons. The van der Waals surface area contributed by atoms with E-state index in [0.29, 0.717) is 17.1 Å². The van der Waals surface area contributed by atoms with E-state index in [1.807, 2.05) is 36.4 Å². The average Bonchev–Trinajstić information content (AvgIpc) is 3.15. The predicted molar refractivity (Wildman–Crippen MR) is 94.2 cm³/mol. The minimum absolute atomic E-state index is 0.149. The Hall–Kier alpha value is -3.61. The fourth-order valence-electron chi connectivity index (χ4n) is 2.69. The zero-order chi connectivity index (χ0) is 17.9. The number of amides is 1. The highest BCUT2D eigenvalue weighted by Gasteiger charge is 2.11. The summed E-state index contributed by atoms with van der Waals surface area (Å²) in [5.41, 5.74) is 1.18. The number of carbonyl (C=O) groups is 1. The lowest BCUT2D eigenvalue weighted by Gasteiger charge is -2.07. The van der Waals surface area contributed by atoms with Crippen LogP contribution in [0, 0.1) is 5.82 Å². The molecule has 0 fully saturated rings. The van der Waals surface area contributed by atoms with Crippen molar-refractivity contribution >= 4 is 16.7 Å². The van der Waals surface area contributed by atoms with E-state index < -0.39 is 0 Å². The maximum atomic E-state index is 13.1. The van der Waals surface area contributed by atoms with Gasteiger partial charge in [-0.25, -0.2) is 4.39 Å². The summed E-state index contributed by atoms with van der Waals surface area (Å²) in [5.74, 6) is -0.108. The first-order chi connectivity index (χ1) is 12.7. The van der Waals surface area contributed by atoms with Crippen LogP contribution in [0.5, 0.6) is 0 Å². The molecule has 4 aromatic rings. The predicted octanol–water partition coefficient (Wildman–Crippen LogP) is 2.88. The number of carbonyl (C=O) groups excluding carboxylic acids is 1. The van der Waals surface area contributed by atoms with Crippen molar-refractivity contribution in [1.82, 2.24) is 25.5 Å². The molecule has 128 valence electrons. The molecule has 6 nitrogen and oxygen atoms in total. The quantitative estimate of drug-likeness (QED) is 0.616. The Kier molecular flexibility index (Phi) is 4.10. The number of hydrogen-bond donors (Lipinski definition) is 1. The smallest absolute Gasteiger partial charge is 0.251 e. The fourth-order valence-corrected chi connectivity index (χ4v) is 2.69. The summed E-state index contributed by atoms with van der Waals surface area (Å²) in [6, 6.07) is 19.2. The fraction of sp³-hybridized carbons (Fsp3) is 0.0526. The zero-order valence-corrected chi connectivity index (χ0v) is 13.6. The molecule has 26 heavy (non-hydrogen) atoms. The Bertz CT molecular complexity index is 1070. The first-order valence-electron chi connectivity index (χ1n) is 8.01. The third kappa shape index (κ3) is 3.14. The molecule has 0 atom stereocenters. The van der Waals surface area contributed by atoms with Gasteiger partial charge in [-0.2, -0.15) is 4.68 Å². The Morgan fingerprint density at radius 2 is 1.77 bits per heavy atom. The molecule has 0 aliphatic carbocycles. The molecule has 1 aromatic heterocycles. The number of nitrogens with one attached hydrogen (secondary N) is 1. The van der Waals surface area contributed by atoms with E-state index in [1.165, 1.54) is 16.8 Å². The lowest BCUT2D eigenvalue weighted by atomic mass is 10.1. The van der Waals surface area contributed by atoms with Crippen LogP contribution < -0.4 is 5.32 Å². The van der Waals surface area contributed by atoms with Gasteiger partial charge in [-0.05, 0) is 57.6 Å². The molecule has 4 rings (SSSR count). The van der Waals surface area contributed by atoms with Gasteiger partial charge in [0.05, 0.1) is 12.2 Å². The number of hydrogen-bond acceptors (Lipinski definition) is 4. The number of benzene rings is 3. The van der Waals surface area contributed by atoms with Crippen molar-refractivity contribution in [2.75, 3.05) is 0 Å². The minimum Gasteiger partial charge on any atom is -0.345 e. The molecule has 1 heterocycles. The van der Waals surface area contributed by atoms with Crippen molar-refractivity contribution in [1.29, 1.82) is 0 Å². The van der Waals surface area contributed by atoms with Gasteiger partial charge in [-0.15, -0.1) is 5.10 Å². The van der Waals surface area contributed by atoms with Crippen molar-refractivity contribution in [3.05, 3.63) is 83.9 Å². The standard InChI is InChI=1S/C19H14FN5O/c20-16-7-9-17(10-8-16)25-18(22-23-24-25)12-21-19(26)15-6-5-13-3-1-2-4-14(13)11-15/h1-11H,12H2,(H,21,26). The highest BCUT2D eigenvalue weighted by atomic mass is 19.1. The van der Waals surface area contributed by atoms with Gasteiger partial charge < -0.3 is 5.32 Å². The van der Waals surface area contributed by atoms with Crippen LogP contribution in [-0.2, 0) is 6.54 Å². The second-order valence-corrected chi connectivity index (χ2v) is 5.73. The molecule has 7 heteroatoms. The first-order valence-corrected chi connectivity index (χ1v) is 8.01. The normalized spacial score (nSPS) is 10.8. The maximum absolute atomic E-state index is 13.1. The number of rotatable bonds is 4. The number of tetrazole rings is 1. The molecule has 1 amide bonds. The highest BCUT2D eigenvalue weighted by molar-refractivity contribution is 5.98. The van der Waals surface area contributed by atoms with Crippen LogP contribution in [0.15, 0.2) is 66.7 Å². The van der Waals surface area contributed by atoms with Crippen molar-refractivity contribution in [2.24, 2.45) is 0 Å². The summed E-state index contributed by atoms with van der Waals surface area (Å²) in [6.45, 7) is 0.149. The Morgan fingerprint density at radius 1 is 1.00 bits per heavy atom. The number of halogens is 1. The molecule has 1 N–H and O–H groups in total. The van der Waals surface area contributed by atoms with Crippen LogP contribution in [-0.4, -0.2) is 26.1 Å². The minimum atomic E-state index is -0.340. The maximum Gasteiger partial charge on any atom is 0.251 e. The SMILES string of the molecule is O=C(NCc1nnnn1-c1ccc(F)cc1)c1ccc2ccccc2c1. The largest absolute Gasteiger partial charge is 0.345 e. The summed E-state index contributed by atoms with van der Waals surface area (Å²) in [6.07, 6.45) is 0. The van der Waals surface area contributed by atoms with Crippen LogP contribution in [0.2, 0.25) is 0 Å². The summed E-state index contributed by atoms with van der Waals surface area (Å²) < 4.78 is 14.5. The Morgan fingerprint density at radius 3 is 2.58 bits per heavy atom. The zero-order valence-electron chi connectivity index (χ0n) is 13.6. The molecule has 0 unspecified atom stereocenters. The van der Waals surface area contributed by atoms with Gasteiger partial charge in [0.1, 0.15) is 5.82 Å². The van der Waals surface area contributed by atoms with Crippen molar-refractivity contribution in [2.45, 2.75) is 6.54 Å². The molecular weight excluding hydrogens is 333 g/mol. The van der Waals surface area contributed by atoms with E-state index in [9.17, 15) is 9.18 Å². The van der Waals surface area contributed by atoms with Crippen LogP contribution in [0.3, 0.4) is 0 Å². The lowest BCUT2D eigenvalue weighted by Crippen LogP contribution is -2.24. The van der Waals surface area contributed by atoms with E-state index >= 15 is 0 Å². The third-order valence-electron chi connectivity index (χ3n) is 4.02. The van der Waals surface area contributed by atoms with Crippen LogP contribution in [0.25, 0.3) is 16.5 Å². The molecule has 0 aliphatic rings. The van der Waals surface area contributed by atoms with Gasteiger partial charge in [0, 0.05) is 5.56 Å². The number of fused-ring (bicyclic) bond motifs is 1. The van der Waals surface area contributed by atoms with Crippen molar-refractivity contribution < 1.29 is 9.18 Å². The number of aromatic nitrogens is 4. The van der Waals surface area contributed by atoms with E-state index in [2.05, 4.69) is 20.8 Å². The summed E-state index contributed by atoms with van der Waals surface area (Å²) >= 11 is 0. The summed E-state index contributed by atoms with van der Waals surface area (Å²) in [4.78, 5) is 12.4. The molecule has 0 aliphatic heterocycles. The van der Waals surface area contributed by atoms with Crippen molar-refractivity contribution in [3.63, 3.8) is 0 Å². The topological polar surface area (TPSA) is 72.7 Å². The second-order valence-electron chi connectivity index (χ2n) is 5.73. The Labute approximate surface area is 148 Å². The first kappa shape index (κ1) is 15.9. The molecule has 3 aromatic carbocycles. The van der Waals surface area contributed by atoms with Gasteiger partial charge in [-0.1, -0.05) is 30.3 Å². The summed E-state index contributed by atoms with van der Waals surface area (Å²) in [5, 5.41) is 16.3. The van der Waals surface area contributed by atoms with E-state index in [-0.39, 0.29) is 18.3 Å². The van der Waals surface area contributed by atoms with Crippen LogP contribution in [0.1, 0.15) is 16.2 Å². The van der Waals surface area contributed by atoms with Gasteiger partial charge in [0.15, 0.2) is 5.82 Å². The van der Waals surface area contributed by atoms with Gasteiger partial charge >= 0.3 is 0 Å². The molecule has 0 saturated heterocycles. The molecule has 0 saturated carbocycles. The second kappa shape index (κ2) is 6.72. The summed E-state index contributed by atoms with van der Waals surface area (Å²) in [7, 11) is 0. The molecular formula is C19H14FN5O. The van der Waals surface area contributed by atoms with Crippen LogP contribution in [0.4, 0.5) is 4.39 Å². The lowest BCUT2D eigenvalue weighted by molar-refractivity contribution is 0.0949. The van der Waals surface area contributed by atoms with Crippen molar-refractivity contribution in [3.8, 4) is 5.69 Å². The molecule has 0 spiro atoms. The monoisotopic (exact) mass is 347 g/mol. The average molecular weight is 347 g/mol. The van der Waals surface area contributed by atoms with Crippen LogP contribution >= 0.6 is 0 Å². The van der Waals surface area contributed by atoms with Gasteiger partial charge in [0.25, 0.3) is 5.91 Å². The number of nitrogens with zero attached hydrogens (tertiary/aromatic N) is 4. The Balaban J connectivity index is 1.51. The van der Waals surface area contributed by atoms with E-state index in [1.54, 1.807) is 18.2 Å². The van der Waals surface area contributed by atoms with E-state index in [4.69, 9.17) is 0 Å². The molecule has 0 bridgehead atoms.